The smallest absolute Gasteiger partial charge is 0.283 e. The average Bonchev–Trinajstić information content (AvgIpc) is 2.52. The Morgan fingerprint density at radius 1 is 1.22 bits per heavy atom. The minimum Gasteiger partial charge on any atom is -0.283 e. The summed E-state index contributed by atoms with van der Waals surface area (Å²) in [5.74, 6) is -0.702. The van der Waals surface area contributed by atoms with Crippen LogP contribution < -0.4 is 10.2 Å². The minimum absolute atomic E-state index is 0.0540. The zero-order valence-corrected chi connectivity index (χ0v) is 13.3. The second-order valence-corrected chi connectivity index (χ2v) is 6.36. The highest BCUT2D eigenvalue weighted by atomic mass is 32.2. The van der Waals surface area contributed by atoms with Gasteiger partial charge in [0.05, 0.1) is 18.0 Å². The molecule has 0 fully saturated rings. The first-order valence-corrected chi connectivity index (χ1v) is 8.58. The quantitative estimate of drug-likeness (QED) is 0.751. The van der Waals surface area contributed by atoms with Crippen molar-refractivity contribution < 1.29 is 18.0 Å². The number of benzene rings is 1. The zero-order chi connectivity index (χ0) is 16.7. The van der Waals surface area contributed by atoms with Crippen molar-refractivity contribution in [3.05, 3.63) is 59.9 Å². The van der Waals surface area contributed by atoms with E-state index in [1.807, 2.05) is 6.07 Å². The Hall–Kier alpha value is -2.45. The third-order valence-electron chi connectivity index (χ3n) is 2.77. The van der Waals surface area contributed by atoms with Crippen molar-refractivity contribution in [2.45, 2.75) is 12.7 Å². The molecular formula is C15H17N3O4S. The third-order valence-corrected chi connectivity index (χ3v) is 4.03. The van der Waals surface area contributed by atoms with E-state index in [4.69, 9.17) is 4.84 Å². The van der Waals surface area contributed by atoms with Gasteiger partial charge in [0.2, 0.25) is 10.0 Å². The number of aromatic nitrogens is 1. The molecule has 0 radical (unpaired) electrons. The fourth-order valence-corrected chi connectivity index (χ4v) is 3.01. The van der Waals surface area contributed by atoms with E-state index < -0.39 is 15.9 Å². The molecule has 0 spiro atoms. The van der Waals surface area contributed by atoms with E-state index in [1.54, 1.807) is 31.2 Å². The van der Waals surface area contributed by atoms with Gasteiger partial charge in [0.25, 0.3) is 5.91 Å². The number of hydrogen-bond donors (Lipinski definition) is 2. The molecule has 0 aliphatic carbocycles. The highest BCUT2D eigenvalue weighted by Gasteiger charge is 2.14. The van der Waals surface area contributed by atoms with Gasteiger partial charge < -0.3 is 0 Å². The predicted molar refractivity (Wildman–Crippen MR) is 86.0 cm³/mol. The largest absolute Gasteiger partial charge is 0.293 e. The number of carbonyl (C=O) groups excluding carboxylic acids is 1. The number of pyridine rings is 1. The molecule has 0 atom stereocenters. The Labute approximate surface area is 134 Å². The first-order chi connectivity index (χ1) is 11.0. The Morgan fingerprint density at radius 2 is 1.96 bits per heavy atom. The van der Waals surface area contributed by atoms with E-state index >= 15 is 0 Å². The predicted octanol–water partition coefficient (Wildman–Crippen LogP) is 1.70. The summed E-state index contributed by atoms with van der Waals surface area (Å²) in [6.07, 6.45) is 1.35. The van der Waals surface area contributed by atoms with Crippen LogP contribution in [0.3, 0.4) is 0 Å². The van der Waals surface area contributed by atoms with Crippen LogP contribution in [0.4, 0.5) is 5.69 Å². The Balaban J connectivity index is 2.09. The number of hydrogen-bond acceptors (Lipinski definition) is 5. The van der Waals surface area contributed by atoms with Crippen LogP contribution in [0.5, 0.6) is 0 Å². The Bertz CT molecular complexity index is 763. The summed E-state index contributed by atoms with van der Waals surface area (Å²) in [5, 5.41) is 0. The van der Waals surface area contributed by atoms with Crippen molar-refractivity contribution in [3.8, 4) is 0 Å². The maximum absolute atomic E-state index is 12.2. The zero-order valence-electron chi connectivity index (χ0n) is 12.5. The number of sulfonamides is 1. The first kappa shape index (κ1) is 16.9. The van der Waals surface area contributed by atoms with Crippen LogP contribution in [-0.4, -0.2) is 25.9 Å². The average molecular weight is 335 g/mol. The molecule has 1 heterocycles. The molecule has 0 aliphatic heterocycles. The van der Waals surface area contributed by atoms with Gasteiger partial charge in [-0.25, -0.2) is 13.9 Å². The lowest BCUT2D eigenvalue weighted by Crippen LogP contribution is -2.24. The molecule has 2 N–H and O–H groups in total. The van der Waals surface area contributed by atoms with E-state index in [9.17, 15) is 13.2 Å². The normalized spacial score (nSPS) is 11.0. The minimum atomic E-state index is -3.59. The van der Waals surface area contributed by atoms with E-state index in [1.165, 1.54) is 18.3 Å². The molecular weight excluding hydrogens is 318 g/mol. The molecule has 2 rings (SSSR count). The molecule has 1 aromatic carbocycles. The number of hydroxylamine groups is 1. The molecule has 8 heteroatoms. The lowest BCUT2D eigenvalue weighted by molar-refractivity contribution is 0.0360. The highest BCUT2D eigenvalue weighted by molar-refractivity contribution is 7.91. The first-order valence-electron chi connectivity index (χ1n) is 6.93. The second-order valence-electron chi connectivity index (χ2n) is 4.64. The molecule has 0 bridgehead atoms. The molecule has 23 heavy (non-hydrogen) atoms. The van der Waals surface area contributed by atoms with Gasteiger partial charge in [-0.2, -0.15) is 0 Å². The van der Waals surface area contributed by atoms with Crippen molar-refractivity contribution in [2.75, 3.05) is 11.3 Å². The molecule has 0 aliphatic rings. The summed E-state index contributed by atoms with van der Waals surface area (Å²) >= 11 is 0. The van der Waals surface area contributed by atoms with Crippen molar-refractivity contribution in [3.63, 3.8) is 0 Å². The second kappa shape index (κ2) is 7.70. The summed E-state index contributed by atoms with van der Waals surface area (Å²) in [7, 11) is -3.59. The van der Waals surface area contributed by atoms with Gasteiger partial charge in [-0.15, -0.1) is 0 Å². The fraction of sp³-hybridized carbons (Fsp3) is 0.200. The van der Waals surface area contributed by atoms with E-state index in [0.29, 0.717) is 12.2 Å². The SMILES string of the molecule is CCONC(=O)c1cc(NS(=O)(=O)Cc2ccccc2)ccn1. The van der Waals surface area contributed by atoms with E-state index in [-0.39, 0.29) is 17.1 Å². The maximum Gasteiger partial charge on any atom is 0.293 e. The fourth-order valence-electron chi connectivity index (χ4n) is 1.82. The van der Waals surface area contributed by atoms with Gasteiger partial charge in [-0.3, -0.25) is 19.3 Å². The van der Waals surface area contributed by atoms with Gasteiger partial charge >= 0.3 is 0 Å². The summed E-state index contributed by atoms with van der Waals surface area (Å²) in [6, 6.07) is 11.6. The monoisotopic (exact) mass is 335 g/mol. The van der Waals surface area contributed by atoms with Gasteiger partial charge in [0, 0.05) is 6.20 Å². The molecule has 0 saturated heterocycles. The summed E-state index contributed by atoms with van der Waals surface area (Å²) in [5.41, 5.74) is 3.19. The van der Waals surface area contributed by atoms with Crippen LogP contribution >= 0.6 is 0 Å². The standard InChI is InChI=1S/C15H17N3O4S/c1-2-22-17-15(19)14-10-13(8-9-16-14)18-23(20,21)11-12-6-4-3-5-7-12/h3-10H,2,11H2,1H3,(H,16,18)(H,17,19). The lowest BCUT2D eigenvalue weighted by atomic mass is 10.2. The van der Waals surface area contributed by atoms with Crippen LogP contribution in [0.1, 0.15) is 23.0 Å². The van der Waals surface area contributed by atoms with Gasteiger partial charge in [-0.1, -0.05) is 30.3 Å². The molecule has 2 aromatic rings. The van der Waals surface area contributed by atoms with Crippen molar-refractivity contribution in [2.24, 2.45) is 0 Å². The van der Waals surface area contributed by atoms with Crippen molar-refractivity contribution in [1.82, 2.24) is 10.5 Å². The number of amides is 1. The molecule has 122 valence electrons. The number of anilines is 1. The summed E-state index contributed by atoms with van der Waals surface area (Å²) in [4.78, 5) is 20.4. The van der Waals surface area contributed by atoms with Crippen LogP contribution in [0, 0.1) is 0 Å². The lowest BCUT2D eigenvalue weighted by Gasteiger charge is -2.09. The Kier molecular flexibility index (Phi) is 5.67. The maximum atomic E-state index is 12.2. The molecule has 1 amide bonds. The number of rotatable bonds is 7. The molecule has 0 unspecified atom stereocenters. The Morgan fingerprint density at radius 3 is 2.65 bits per heavy atom. The summed E-state index contributed by atoms with van der Waals surface area (Å²) < 4.78 is 26.8. The number of nitrogens with zero attached hydrogens (tertiary/aromatic N) is 1. The third kappa shape index (κ3) is 5.35. The van der Waals surface area contributed by atoms with Crippen LogP contribution in [0.25, 0.3) is 0 Å². The topological polar surface area (TPSA) is 97.4 Å². The van der Waals surface area contributed by atoms with Gasteiger partial charge in [-0.05, 0) is 24.6 Å². The van der Waals surface area contributed by atoms with Gasteiger partial charge in [0.1, 0.15) is 5.69 Å². The molecule has 0 saturated carbocycles. The molecule has 1 aromatic heterocycles. The van der Waals surface area contributed by atoms with Crippen molar-refractivity contribution >= 4 is 21.6 Å². The van der Waals surface area contributed by atoms with Crippen LogP contribution in [-0.2, 0) is 20.6 Å². The number of nitrogens with one attached hydrogen (secondary N) is 2. The number of carbonyl (C=O) groups is 1. The van der Waals surface area contributed by atoms with Crippen LogP contribution in [0.15, 0.2) is 48.7 Å². The summed E-state index contributed by atoms with van der Waals surface area (Å²) in [6.45, 7) is 2.04. The van der Waals surface area contributed by atoms with E-state index in [0.717, 1.165) is 0 Å². The highest BCUT2D eigenvalue weighted by Crippen LogP contribution is 2.13. The van der Waals surface area contributed by atoms with Crippen LogP contribution in [0.2, 0.25) is 0 Å². The molecule has 7 nitrogen and oxygen atoms in total. The van der Waals surface area contributed by atoms with Crippen molar-refractivity contribution in [1.29, 1.82) is 0 Å². The van der Waals surface area contributed by atoms with Gasteiger partial charge in [0.15, 0.2) is 0 Å². The van der Waals surface area contributed by atoms with E-state index in [2.05, 4.69) is 15.2 Å².